The Hall–Kier alpha value is -1.33. The van der Waals surface area contributed by atoms with Crippen LogP contribution < -0.4 is 0 Å². The maximum Gasteiger partial charge on any atom is 0.379 e. The van der Waals surface area contributed by atoms with Gasteiger partial charge in [0.25, 0.3) is 11.8 Å². The molecule has 0 unspecified atom stereocenters. The number of likely N-dealkylation sites (N-methyl/N-ethyl adjacent to an activating group) is 1. The highest BCUT2D eigenvalue weighted by Gasteiger charge is 2.26. The van der Waals surface area contributed by atoms with Crippen LogP contribution in [-0.2, 0) is 9.59 Å². The Bertz CT molecular complexity index is 287. The molecule has 0 saturated carbocycles. The third kappa shape index (κ3) is 4.95. The van der Waals surface area contributed by atoms with Crippen molar-refractivity contribution in [1.29, 1.82) is 0 Å². The number of carbonyl (C=O) groups is 2. The fourth-order valence-corrected chi connectivity index (χ4v) is 1.17. The van der Waals surface area contributed by atoms with Gasteiger partial charge in [-0.3, -0.25) is 14.5 Å². The van der Waals surface area contributed by atoms with Gasteiger partial charge in [-0.05, 0) is 12.8 Å². The minimum Gasteiger partial charge on any atom is -0.278 e. The summed E-state index contributed by atoms with van der Waals surface area (Å²) in [5.74, 6) is -0.320. The molecule has 1 aliphatic rings. The van der Waals surface area contributed by atoms with E-state index in [1.165, 1.54) is 13.1 Å². The number of hydrogen-bond donors (Lipinski definition) is 0. The molecule has 1 aliphatic heterocycles. The SMILES string of the molecule is CCCCC1=CC(=O)N(C)C1=O.FC(F)F. The number of amides is 2. The predicted molar refractivity (Wildman–Crippen MR) is 52.5 cm³/mol. The molecule has 0 aromatic rings. The van der Waals surface area contributed by atoms with Crippen LogP contribution in [0, 0.1) is 0 Å². The van der Waals surface area contributed by atoms with Crippen LogP contribution in [-0.4, -0.2) is 30.4 Å². The predicted octanol–water partition coefficient (Wildman–Crippen LogP) is 2.28. The van der Waals surface area contributed by atoms with Crippen molar-refractivity contribution in [3.63, 3.8) is 0 Å². The molecular weight excluding hydrogens is 223 g/mol. The fourth-order valence-electron chi connectivity index (χ4n) is 1.17. The molecule has 0 bridgehead atoms. The summed E-state index contributed by atoms with van der Waals surface area (Å²) in [6, 6.07) is 0. The summed E-state index contributed by atoms with van der Waals surface area (Å²) in [7, 11) is 1.51. The molecule has 0 spiro atoms. The summed E-state index contributed by atoms with van der Waals surface area (Å²) in [5.41, 5.74) is 0.657. The van der Waals surface area contributed by atoms with Crippen molar-refractivity contribution in [3.05, 3.63) is 11.6 Å². The van der Waals surface area contributed by atoms with Gasteiger partial charge >= 0.3 is 6.68 Å². The number of rotatable bonds is 3. The summed E-state index contributed by atoms with van der Waals surface area (Å²) >= 11 is 0. The number of carbonyl (C=O) groups excluding carboxylic acids is 2. The number of nitrogens with zero attached hydrogens (tertiary/aromatic N) is 1. The maximum absolute atomic E-state index is 11.3. The average molecular weight is 237 g/mol. The molecule has 0 saturated heterocycles. The second-order valence-electron chi connectivity index (χ2n) is 3.22. The van der Waals surface area contributed by atoms with E-state index in [-0.39, 0.29) is 11.8 Å². The van der Waals surface area contributed by atoms with Gasteiger partial charge in [0.1, 0.15) is 0 Å². The molecule has 3 nitrogen and oxygen atoms in total. The molecule has 0 aliphatic carbocycles. The van der Waals surface area contributed by atoms with E-state index in [1.807, 2.05) is 0 Å². The largest absolute Gasteiger partial charge is 0.379 e. The fraction of sp³-hybridized carbons (Fsp3) is 0.600. The highest BCUT2D eigenvalue weighted by Crippen LogP contribution is 2.16. The number of hydrogen-bond acceptors (Lipinski definition) is 2. The molecule has 0 aromatic carbocycles. The van der Waals surface area contributed by atoms with E-state index in [0.29, 0.717) is 5.57 Å². The van der Waals surface area contributed by atoms with Gasteiger partial charge in [0.2, 0.25) is 0 Å². The Morgan fingerprint density at radius 3 is 2.12 bits per heavy atom. The molecule has 6 heteroatoms. The zero-order chi connectivity index (χ0) is 12.7. The number of halogens is 3. The first kappa shape index (κ1) is 14.7. The molecular formula is C10H14F3NO2. The van der Waals surface area contributed by atoms with Crippen LogP contribution >= 0.6 is 0 Å². The van der Waals surface area contributed by atoms with Crippen LogP contribution in [0.1, 0.15) is 26.2 Å². The number of unbranched alkanes of at least 4 members (excludes halogenated alkanes) is 1. The number of alkyl halides is 3. The van der Waals surface area contributed by atoms with Crippen molar-refractivity contribution in [2.24, 2.45) is 0 Å². The summed E-state index contributed by atoms with van der Waals surface area (Å²) in [6.07, 6.45) is 4.19. The second-order valence-corrected chi connectivity index (χ2v) is 3.22. The highest BCUT2D eigenvalue weighted by molar-refractivity contribution is 6.15. The first-order valence-electron chi connectivity index (χ1n) is 4.85. The Labute approximate surface area is 91.9 Å². The topological polar surface area (TPSA) is 37.4 Å². The van der Waals surface area contributed by atoms with E-state index in [1.54, 1.807) is 0 Å². The van der Waals surface area contributed by atoms with Gasteiger partial charge in [-0.2, -0.15) is 13.2 Å². The zero-order valence-corrected chi connectivity index (χ0v) is 9.17. The number of imide groups is 1. The van der Waals surface area contributed by atoms with Gasteiger partial charge in [-0.1, -0.05) is 13.3 Å². The van der Waals surface area contributed by atoms with E-state index in [4.69, 9.17) is 0 Å². The third-order valence-electron chi connectivity index (χ3n) is 2.01. The van der Waals surface area contributed by atoms with E-state index < -0.39 is 6.68 Å². The molecule has 0 radical (unpaired) electrons. The standard InChI is InChI=1S/C9H13NO2.CHF3/c1-3-4-5-7-6-8(11)10(2)9(7)12;2-1(3)4/h6H,3-5H2,1-2H3;1H. The molecule has 0 N–H and O–H groups in total. The van der Waals surface area contributed by atoms with Crippen LogP contribution in [0.25, 0.3) is 0 Å². The maximum atomic E-state index is 11.3. The molecule has 0 aromatic heterocycles. The zero-order valence-electron chi connectivity index (χ0n) is 9.17. The van der Waals surface area contributed by atoms with Crippen LogP contribution in [0.2, 0.25) is 0 Å². The monoisotopic (exact) mass is 237 g/mol. The highest BCUT2D eigenvalue weighted by atomic mass is 19.4. The van der Waals surface area contributed by atoms with Crippen molar-refractivity contribution in [2.45, 2.75) is 32.9 Å². The molecule has 16 heavy (non-hydrogen) atoms. The van der Waals surface area contributed by atoms with Crippen LogP contribution in [0.3, 0.4) is 0 Å². The smallest absolute Gasteiger partial charge is 0.278 e. The molecule has 0 fully saturated rings. The minimum atomic E-state index is -3.67. The Morgan fingerprint density at radius 1 is 1.31 bits per heavy atom. The Balaban J connectivity index is 0.000000487. The van der Waals surface area contributed by atoms with Gasteiger partial charge in [-0.15, -0.1) is 0 Å². The van der Waals surface area contributed by atoms with Crippen LogP contribution in [0.4, 0.5) is 13.2 Å². The van der Waals surface area contributed by atoms with Crippen molar-refractivity contribution in [3.8, 4) is 0 Å². The lowest BCUT2D eigenvalue weighted by Gasteiger charge is -2.05. The quantitative estimate of drug-likeness (QED) is 0.706. The molecule has 1 heterocycles. The first-order chi connectivity index (χ1) is 7.40. The van der Waals surface area contributed by atoms with Crippen molar-refractivity contribution >= 4 is 11.8 Å². The summed E-state index contributed by atoms with van der Waals surface area (Å²) in [4.78, 5) is 23.4. The van der Waals surface area contributed by atoms with Crippen LogP contribution in [0.5, 0.6) is 0 Å². The average Bonchev–Trinajstić information content (AvgIpc) is 2.42. The van der Waals surface area contributed by atoms with Gasteiger partial charge < -0.3 is 0 Å². The van der Waals surface area contributed by atoms with Gasteiger partial charge in [0, 0.05) is 18.7 Å². The third-order valence-corrected chi connectivity index (χ3v) is 2.01. The van der Waals surface area contributed by atoms with E-state index in [2.05, 4.69) is 6.92 Å². The molecule has 92 valence electrons. The van der Waals surface area contributed by atoms with Gasteiger partial charge in [0.15, 0.2) is 0 Å². The summed E-state index contributed by atoms with van der Waals surface area (Å²) < 4.78 is 29.0. The van der Waals surface area contributed by atoms with Crippen molar-refractivity contribution < 1.29 is 22.8 Å². The minimum absolute atomic E-state index is 0.131. The lowest BCUT2D eigenvalue weighted by molar-refractivity contribution is -0.135. The molecule has 1 rings (SSSR count). The van der Waals surface area contributed by atoms with E-state index in [9.17, 15) is 22.8 Å². The first-order valence-corrected chi connectivity index (χ1v) is 4.85. The Morgan fingerprint density at radius 2 is 1.81 bits per heavy atom. The van der Waals surface area contributed by atoms with E-state index in [0.717, 1.165) is 24.2 Å². The summed E-state index contributed by atoms with van der Waals surface area (Å²) in [6.45, 7) is -1.61. The second kappa shape index (κ2) is 7.03. The normalized spacial score (nSPS) is 15.1. The Kier molecular flexibility index (Phi) is 6.44. The lowest BCUT2D eigenvalue weighted by Crippen LogP contribution is -2.26. The lowest BCUT2D eigenvalue weighted by atomic mass is 10.1. The van der Waals surface area contributed by atoms with Crippen molar-refractivity contribution in [1.82, 2.24) is 4.90 Å². The summed E-state index contributed by atoms with van der Waals surface area (Å²) in [5, 5.41) is 0. The van der Waals surface area contributed by atoms with Gasteiger partial charge in [0.05, 0.1) is 0 Å². The van der Waals surface area contributed by atoms with Crippen molar-refractivity contribution in [2.75, 3.05) is 7.05 Å². The van der Waals surface area contributed by atoms with E-state index >= 15 is 0 Å². The molecule has 2 amide bonds. The van der Waals surface area contributed by atoms with Crippen LogP contribution in [0.15, 0.2) is 11.6 Å². The van der Waals surface area contributed by atoms with Gasteiger partial charge in [-0.25, -0.2) is 0 Å². The molecule has 0 atom stereocenters.